The largest absolute Gasteiger partial charge is 0.494 e. The molecule has 6 nitrogen and oxygen atoms in total. The molecule has 170 valence electrons. The van der Waals surface area contributed by atoms with Crippen LogP contribution >= 0.6 is 12.2 Å². The highest BCUT2D eigenvalue weighted by molar-refractivity contribution is 7.80. The fourth-order valence-electron chi connectivity index (χ4n) is 2.92. The van der Waals surface area contributed by atoms with Gasteiger partial charge in [0, 0.05) is 22.5 Å². The third-order valence-electron chi connectivity index (χ3n) is 4.72. The lowest BCUT2D eigenvalue weighted by atomic mass is 10.1. The highest BCUT2D eigenvalue weighted by atomic mass is 32.1. The first-order valence-corrected chi connectivity index (χ1v) is 11.1. The molecule has 0 fully saturated rings. The molecule has 3 aromatic carbocycles. The fraction of sp³-hybridized carbons (Fsp3) is 0.192. The van der Waals surface area contributed by atoms with Crippen LogP contribution in [0.3, 0.4) is 0 Å². The third kappa shape index (κ3) is 7.73. The van der Waals surface area contributed by atoms with Crippen LogP contribution in [0.15, 0.2) is 78.9 Å². The summed E-state index contributed by atoms with van der Waals surface area (Å²) in [7, 11) is 0. The van der Waals surface area contributed by atoms with Gasteiger partial charge in [-0.05, 0) is 79.2 Å². The Bertz CT molecular complexity index is 1100. The van der Waals surface area contributed by atoms with E-state index in [2.05, 4.69) is 29.8 Å². The Morgan fingerprint density at radius 1 is 0.818 bits per heavy atom. The van der Waals surface area contributed by atoms with Crippen molar-refractivity contribution in [2.45, 2.75) is 20.3 Å². The highest BCUT2D eigenvalue weighted by Crippen LogP contribution is 2.15. The van der Waals surface area contributed by atoms with Crippen LogP contribution in [-0.4, -0.2) is 23.5 Å². The van der Waals surface area contributed by atoms with E-state index in [1.807, 2.05) is 30.3 Å². The Morgan fingerprint density at radius 3 is 2.21 bits per heavy atom. The molecule has 0 saturated heterocycles. The standard InChI is InChI=1S/C26H27N3O3S/c1-18(2)15-16-32-23-13-11-19(12-14-23)24(30)29-26(33)28-22-10-6-7-20(17-22)25(31)27-21-8-4-3-5-9-21/h3-14,17-18H,15-16H2,1-2H3,(H,27,31)(H2,28,29,30,33). The molecule has 0 radical (unpaired) electrons. The minimum absolute atomic E-state index is 0.137. The van der Waals surface area contributed by atoms with Gasteiger partial charge in [-0.15, -0.1) is 0 Å². The van der Waals surface area contributed by atoms with Crippen molar-refractivity contribution in [3.8, 4) is 5.75 Å². The van der Waals surface area contributed by atoms with Crippen LogP contribution in [0.2, 0.25) is 0 Å². The van der Waals surface area contributed by atoms with Gasteiger partial charge in [-0.1, -0.05) is 38.1 Å². The van der Waals surface area contributed by atoms with E-state index >= 15 is 0 Å². The van der Waals surface area contributed by atoms with E-state index in [1.54, 1.807) is 48.5 Å². The van der Waals surface area contributed by atoms with Gasteiger partial charge < -0.3 is 15.4 Å². The predicted octanol–water partition coefficient (Wildman–Crippen LogP) is 5.49. The number of carbonyl (C=O) groups is 2. The highest BCUT2D eigenvalue weighted by Gasteiger charge is 2.10. The van der Waals surface area contributed by atoms with Crippen molar-refractivity contribution in [1.29, 1.82) is 0 Å². The molecule has 0 atom stereocenters. The molecule has 7 heteroatoms. The number of ether oxygens (including phenoxy) is 1. The lowest BCUT2D eigenvalue weighted by Gasteiger charge is -2.12. The smallest absolute Gasteiger partial charge is 0.257 e. The quantitative estimate of drug-likeness (QED) is 0.387. The second-order valence-corrected chi connectivity index (χ2v) is 8.27. The maximum Gasteiger partial charge on any atom is 0.257 e. The molecule has 2 amide bonds. The molecule has 3 N–H and O–H groups in total. The minimum atomic E-state index is -0.334. The van der Waals surface area contributed by atoms with Crippen LogP contribution in [0.1, 0.15) is 41.0 Å². The van der Waals surface area contributed by atoms with E-state index in [-0.39, 0.29) is 16.9 Å². The molecular weight excluding hydrogens is 434 g/mol. The number of rotatable bonds is 8. The molecule has 33 heavy (non-hydrogen) atoms. The van der Waals surface area contributed by atoms with Gasteiger partial charge in [0.1, 0.15) is 5.75 Å². The molecule has 0 aliphatic heterocycles. The van der Waals surface area contributed by atoms with Gasteiger partial charge in [0.25, 0.3) is 11.8 Å². The van der Waals surface area contributed by atoms with E-state index in [0.29, 0.717) is 35.0 Å². The average molecular weight is 462 g/mol. The van der Waals surface area contributed by atoms with Gasteiger partial charge in [0.15, 0.2) is 5.11 Å². The van der Waals surface area contributed by atoms with E-state index in [0.717, 1.165) is 12.2 Å². The molecule has 0 aliphatic rings. The van der Waals surface area contributed by atoms with Crippen molar-refractivity contribution >= 4 is 40.5 Å². The van der Waals surface area contributed by atoms with E-state index < -0.39 is 0 Å². The predicted molar refractivity (Wildman–Crippen MR) is 136 cm³/mol. The SMILES string of the molecule is CC(C)CCOc1ccc(C(=O)NC(=S)Nc2cccc(C(=O)Nc3ccccc3)c2)cc1. The molecule has 0 unspecified atom stereocenters. The van der Waals surface area contributed by atoms with Crippen LogP contribution in [0.5, 0.6) is 5.75 Å². The Kier molecular flexibility index (Phi) is 8.55. The Balaban J connectivity index is 1.53. The molecule has 3 aromatic rings. The van der Waals surface area contributed by atoms with Gasteiger partial charge in [-0.25, -0.2) is 0 Å². The zero-order valence-corrected chi connectivity index (χ0v) is 19.4. The van der Waals surface area contributed by atoms with E-state index in [1.165, 1.54) is 0 Å². The number of nitrogens with one attached hydrogen (secondary N) is 3. The van der Waals surface area contributed by atoms with Gasteiger partial charge in [-0.2, -0.15) is 0 Å². The second kappa shape index (κ2) is 11.8. The zero-order valence-electron chi connectivity index (χ0n) is 18.6. The summed E-state index contributed by atoms with van der Waals surface area (Å²) in [6.45, 7) is 4.92. The Labute approximate surface area is 199 Å². The molecule has 0 aromatic heterocycles. The monoisotopic (exact) mass is 461 g/mol. The first-order valence-electron chi connectivity index (χ1n) is 10.7. The number of carbonyl (C=O) groups excluding carboxylic acids is 2. The topological polar surface area (TPSA) is 79.5 Å². The van der Waals surface area contributed by atoms with E-state index in [9.17, 15) is 9.59 Å². The summed E-state index contributed by atoms with van der Waals surface area (Å²) in [6, 6.07) is 23.0. The fourth-order valence-corrected chi connectivity index (χ4v) is 3.13. The summed E-state index contributed by atoms with van der Waals surface area (Å²) >= 11 is 5.27. The second-order valence-electron chi connectivity index (χ2n) is 7.86. The molecule has 3 rings (SSSR count). The summed E-state index contributed by atoms with van der Waals surface area (Å²) in [5, 5.41) is 8.57. The Morgan fingerprint density at radius 2 is 1.52 bits per heavy atom. The van der Waals surface area contributed by atoms with Gasteiger partial charge >= 0.3 is 0 Å². The van der Waals surface area contributed by atoms with Crippen LogP contribution in [0.25, 0.3) is 0 Å². The number of hydrogen-bond donors (Lipinski definition) is 3. The normalized spacial score (nSPS) is 10.4. The summed E-state index contributed by atoms with van der Waals surface area (Å²) in [6.07, 6.45) is 0.970. The summed E-state index contributed by atoms with van der Waals surface area (Å²) in [5.74, 6) is 0.718. The van der Waals surface area contributed by atoms with Crippen molar-refractivity contribution in [3.63, 3.8) is 0 Å². The zero-order chi connectivity index (χ0) is 23.6. The van der Waals surface area contributed by atoms with Crippen LogP contribution in [-0.2, 0) is 0 Å². The van der Waals surface area contributed by atoms with Crippen LogP contribution in [0.4, 0.5) is 11.4 Å². The molecule has 0 bridgehead atoms. The lowest BCUT2D eigenvalue weighted by molar-refractivity contribution is 0.0976. The lowest BCUT2D eigenvalue weighted by Crippen LogP contribution is -2.34. The number of hydrogen-bond acceptors (Lipinski definition) is 4. The van der Waals surface area contributed by atoms with Crippen molar-refractivity contribution < 1.29 is 14.3 Å². The summed E-state index contributed by atoms with van der Waals surface area (Å²) in [4.78, 5) is 25.0. The number of para-hydroxylation sites is 1. The van der Waals surface area contributed by atoms with Gasteiger partial charge in [0.05, 0.1) is 6.61 Å². The first kappa shape index (κ1) is 23.9. The number of benzene rings is 3. The Hall–Kier alpha value is -3.71. The van der Waals surface area contributed by atoms with Crippen molar-refractivity contribution in [2.24, 2.45) is 5.92 Å². The maximum atomic E-state index is 12.5. The molecule has 0 saturated carbocycles. The van der Waals surface area contributed by atoms with Crippen LogP contribution < -0.4 is 20.7 Å². The summed E-state index contributed by atoms with van der Waals surface area (Å²) < 4.78 is 5.68. The average Bonchev–Trinajstić information content (AvgIpc) is 2.80. The number of thiocarbonyl (C=S) groups is 1. The van der Waals surface area contributed by atoms with E-state index in [4.69, 9.17) is 17.0 Å². The van der Waals surface area contributed by atoms with Crippen molar-refractivity contribution in [1.82, 2.24) is 5.32 Å². The molecule has 0 spiro atoms. The first-order chi connectivity index (χ1) is 15.9. The van der Waals surface area contributed by atoms with Crippen molar-refractivity contribution in [3.05, 3.63) is 90.0 Å². The molecular formula is C26H27N3O3S. The number of amides is 2. The molecule has 0 heterocycles. The number of anilines is 2. The van der Waals surface area contributed by atoms with Crippen molar-refractivity contribution in [2.75, 3.05) is 17.2 Å². The minimum Gasteiger partial charge on any atom is -0.494 e. The van der Waals surface area contributed by atoms with Gasteiger partial charge in [0.2, 0.25) is 0 Å². The maximum absolute atomic E-state index is 12.5. The van der Waals surface area contributed by atoms with Crippen LogP contribution in [0, 0.1) is 5.92 Å². The van der Waals surface area contributed by atoms with Gasteiger partial charge in [-0.3, -0.25) is 14.9 Å². The third-order valence-corrected chi connectivity index (χ3v) is 4.93. The summed E-state index contributed by atoms with van der Waals surface area (Å²) in [5.41, 5.74) is 2.23. The molecule has 0 aliphatic carbocycles.